The molecule has 0 spiro atoms. The van der Waals surface area contributed by atoms with Gasteiger partial charge in [0.25, 0.3) is 0 Å². The van der Waals surface area contributed by atoms with Crippen molar-refractivity contribution in [1.82, 2.24) is 9.97 Å². The predicted octanol–water partition coefficient (Wildman–Crippen LogP) is 14.2. The molecule has 0 bridgehead atoms. The third-order valence-electron chi connectivity index (χ3n) is 11.4. The zero-order valence-electron chi connectivity index (χ0n) is 35.6. The van der Waals surface area contributed by atoms with E-state index in [9.17, 15) is 4.39 Å². The second kappa shape index (κ2) is 17.7. The summed E-state index contributed by atoms with van der Waals surface area (Å²) in [6.07, 6.45) is 4.01. The van der Waals surface area contributed by atoms with Crippen molar-refractivity contribution in [3.63, 3.8) is 0 Å². The Hall–Kier alpha value is -4.22. The molecule has 0 amide bonds. The third-order valence-corrected chi connectivity index (χ3v) is 13.4. The number of benzene rings is 4. The van der Waals surface area contributed by atoms with Gasteiger partial charge in [-0.15, -0.1) is 53.6 Å². The minimum atomic E-state index is -1.42. The van der Waals surface area contributed by atoms with Crippen LogP contribution in [0.25, 0.3) is 55.6 Å². The molecule has 0 aliphatic heterocycles. The van der Waals surface area contributed by atoms with Crippen LogP contribution in [-0.2, 0) is 25.5 Å². The van der Waals surface area contributed by atoms with Gasteiger partial charge in [0.05, 0.1) is 13.7 Å². The van der Waals surface area contributed by atoms with Crippen LogP contribution in [0.2, 0.25) is 19.6 Å². The Morgan fingerprint density at radius 2 is 1.37 bits per heavy atom. The van der Waals surface area contributed by atoms with Crippen molar-refractivity contribution in [2.24, 2.45) is 11.8 Å². The molecule has 2 atom stereocenters. The summed E-state index contributed by atoms with van der Waals surface area (Å²) in [5.41, 5.74) is 11.5. The zero-order chi connectivity index (χ0) is 40.5. The molecule has 6 heteroatoms. The standard InChI is InChI=1S/C28H23FNO.C23H34NSi.Ir/c1-17(2)18(3)20-14-15-30-26(16-20)25-9-5-8-24-23-7-4-6-22(27(23)31-28(24)25)19-10-12-21(29)13-11-19;1-16(2)17(3)20-14-21(24-15-22(20)25(7,8)9)18-11-10-12-19(13-18)23(4,5)6;/h4-8,10-18H,1-3H3;10,12-17H,1-9H3;/q2*-1;. The number of halogens is 1. The van der Waals surface area contributed by atoms with Crippen molar-refractivity contribution in [2.75, 3.05) is 0 Å². The van der Waals surface area contributed by atoms with Crippen molar-refractivity contribution in [3.05, 3.63) is 138 Å². The molecule has 0 aliphatic rings. The van der Waals surface area contributed by atoms with Gasteiger partial charge in [0.2, 0.25) is 0 Å². The van der Waals surface area contributed by atoms with Gasteiger partial charge in [0.15, 0.2) is 0 Å². The van der Waals surface area contributed by atoms with Gasteiger partial charge in [0, 0.05) is 43.4 Å². The summed E-state index contributed by atoms with van der Waals surface area (Å²) in [6, 6.07) is 36.3. The van der Waals surface area contributed by atoms with Gasteiger partial charge >= 0.3 is 0 Å². The first-order chi connectivity index (χ1) is 26.4. The van der Waals surface area contributed by atoms with Crippen LogP contribution in [0.15, 0.2) is 108 Å². The number of para-hydroxylation sites is 1. The van der Waals surface area contributed by atoms with E-state index >= 15 is 0 Å². The van der Waals surface area contributed by atoms with Crippen molar-refractivity contribution in [1.29, 1.82) is 0 Å². The normalized spacial score (nSPS) is 13.0. The first-order valence-electron chi connectivity index (χ1n) is 20.0. The number of hydrogen-bond donors (Lipinski definition) is 0. The Balaban J connectivity index is 0.000000219. The molecule has 7 aromatic rings. The Kier molecular flexibility index (Phi) is 13.7. The van der Waals surface area contributed by atoms with Crippen LogP contribution in [0.4, 0.5) is 4.39 Å². The van der Waals surface area contributed by atoms with Crippen molar-refractivity contribution in [3.8, 4) is 33.6 Å². The SMILES string of the molecule is CC(C)C(C)c1cc(-c2[c-]ccc(C(C)(C)C)c2)ncc1[Si](C)(C)C.CC(C)C(C)c1ccnc(-c2[c-]ccc3c2oc2c(-c4ccc(F)cc4)cccc23)c1.[Ir]. The zero-order valence-corrected chi connectivity index (χ0v) is 39.0. The Bertz CT molecular complexity index is 2450. The second-order valence-corrected chi connectivity index (χ2v) is 23.1. The van der Waals surface area contributed by atoms with E-state index in [1.165, 1.54) is 34.0 Å². The Morgan fingerprint density at radius 1 is 0.702 bits per heavy atom. The van der Waals surface area contributed by atoms with E-state index in [0.29, 0.717) is 23.7 Å². The molecule has 0 saturated carbocycles. The Labute approximate surface area is 354 Å². The van der Waals surface area contributed by atoms with E-state index in [1.54, 1.807) is 12.1 Å². The topological polar surface area (TPSA) is 38.9 Å². The molecule has 299 valence electrons. The molecule has 0 saturated heterocycles. The number of nitrogens with zero attached hydrogens (tertiary/aromatic N) is 2. The van der Waals surface area contributed by atoms with Crippen LogP contribution >= 0.6 is 0 Å². The molecule has 3 heterocycles. The fraction of sp³-hybridized carbons (Fsp3) is 0.333. The predicted molar refractivity (Wildman–Crippen MR) is 238 cm³/mol. The molecule has 1 radical (unpaired) electrons. The quantitative estimate of drug-likeness (QED) is 0.113. The van der Waals surface area contributed by atoms with E-state index in [-0.39, 0.29) is 31.3 Å². The number of pyridine rings is 2. The molecule has 0 N–H and O–H groups in total. The maximum atomic E-state index is 13.4. The van der Waals surface area contributed by atoms with Gasteiger partial charge < -0.3 is 14.4 Å². The van der Waals surface area contributed by atoms with Crippen LogP contribution in [0, 0.1) is 29.8 Å². The molecular weight excluding hydrogens is 896 g/mol. The minimum Gasteiger partial charge on any atom is -0.500 e. The second-order valence-electron chi connectivity index (χ2n) is 18.1. The largest absolute Gasteiger partial charge is 0.500 e. The van der Waals surface area contributed by atoms with Crippen molar-refractivity contribution in [2.45, 2.75) is 99.2 Å². The van der Waals surface area contributed by atoms with Gasteiger partial charge in [0.1, 0.15) is 11.4 Å². The number of furan rings is 1. The Morgan fingerprint density at radius 3 is 2.02 bits per heavy atom. The number of rotatable bonds is 8. The van der Waals surface area contributed by atoms with E-state index < -0.39 is 8.07 Å². The fourth-order valence-electron chi connectivity index (χ4n) is 7.12. The van der Waals surface area contributed by atoms with E-state index in [2.05, 4.69) is 142 Å². The van der Waals surface area contributed by atoms with Crippen LogP contribution in [-0.4, -0.2) is 18.0 Å². The van der Waals surface area contributed by atoms with E-state index in [0.717, 1.165) is 55.6 Å². The summed E-state index contributed by atoms with van der Waals surface area (Å²) >= 11 is 0. The summed E-state index contributed by atoms with van der Waals surface area (Å²) in [7, 11) is -1.42. The molecule has 2 unspecified atom stereocenters. The third kappa shape index (κ3) is 9.74. The monoisotopic (exact) mass is 953 g/mol. The summed E-state index contributed by atoms with van der Waals surface area (Å²) in [5, 5.41) is 3.54. The van der Waals surface area contributed by atoms with Gasteiger partial charge in [-0.05, 0) is 69.4 Å². The average Bonchev–Trinajstić information content (AvgIpc) is 3.56. The van der Waals surface area contributed by atoms with Gasteiger partial charge in [-0.1, -0.05) is 146 Å². The molecule has 0 fully saturated rings. The maximum absolute atomic E-state index is 13.4. The smallest absolute Gasteiger partial charge is 0.128 e. The van der Waals surface area contributed by atoms with E-state index in [1.807, 2.05) is 36.5 Å². The van der Waals surface area contributed by atoms with E-state index in [4.69, 9.17) is 9.40 Å². The van der Waals surface area contributed by atoms with Crippen LogP contribution in [0.1, 0.15) is 90.8 Å². The van der Waals surface area contributed by atoms with Crippen molar-refractivity contribution < 1.29 is 28.9 Å². The molecule has 3 aromatic heterocycles. The van der Waals surface area contributed by atoms with Crippen LogP contribution in [0.3, 0.4) is 0 Å². The van der Waals surface area contributed by atoms with Gasteiger partial charge in [-0.3, -0.25) is 0 Å². The van der Waals surface area contributed by atoms with Gasteiger partial charge in [-0.25, -0.2) is 4.39 Å². The molecule has 0 aliphatic carbocycles. The molecule has 7 rings (SSSR count). The van der Waals surface area contributed by atoms with Gasteiger partial charge in [-0.2, -0.15) is 0 Å². The number of hydrogen-bond acceptors (Lipinski definition) is 3. The fourth-order valence-corrected chi connectivity index (χ4v) is 8.74. The molecular formula is C51H57FIrN2OSi-2. The summed E-state index contributed by atoms with van der Waals surface area (Å²) in [5.74, 6) is 1.88. The number of fused-ring (bicyclic) bond motifs is 3. The maximum Gasteiger partial charge on any atom is 0.128 e. The summed E-state index contributed by atoms with van der Waals surface area (Å²) in [4.78, 5) is 9.47. The number of aromatic nitrogens is 2. The minimum absolute atomic E-state index is 0. The molecule has 57 heavy (non-hydrogen) atoms. The average molecular weight is 953 g/mol. The summed E-state index contributed by atoms with van der Waals surface area (Å²) < 4.78 is 19.9. The van der Waals surface area contributed by atoms with Crippen LogP contribution in [0.5, 0.6) is 0 Å². The summed E-state index contributed by atoms with van der Waals surface area (Å²) in [6.45, 7) is 27.6. The molecule has 3 nitrogen and oxygen atoms in total. The van der Waals surface area contributed by atoms with Crippen LogP contribution < -0.4 is 5.19 Å². The first-order valence-corrected chi connectivity index (χ1v) is 23.5. The molecule has 4 aromatic carbocycles. The van der Waals surface area contributed by atoms with Crippen molar-refractivity contribution >= 4 is 35.2 Å². The first kappa shape index (κ1) is 43.9.